The fourth-order valence-corrected chi connectivity index (χ4v) is 8.89. The molecule has 7 rings (SSSR count). The molecule has 0 aromatic heterocycles. The first-order valence-corrected chi connectivity index (χ1v) is 14.4. The van der Waals surface area contributed by atoms with Crippen molar-refractivity contribution in [3.05, 3.63) is 65.7 Å². The van der Waals surface area contributed by atoms with Crippen LogP contribution in [0.3, 0.4) is 0 Å². The van der Waals surface area contributed by atoms with Gasteiger partial charge >= 0.3 is 5.97 Å². The molecule has 4 saturated carbocycles. The van der Waals surface area contributed by atoms with E-state index in [1.807, 2.05) is 24.3 Å². The van der Waals surface area contributed by atoms with E-state index in [0.29, 0.717) is 36.3 Å². The Hall–Kier alpha value is -2.93. The van der Waals surface area contributed by atoms with Crippen molar-refractivity contribution in [2.75, 3.05) is 17.5 Å². The lowest BCUT2D eigenvalue weighted by molar-refractivity contribution is -0.155. The molecule has 2 aromatic carbocycles. The normalized spacial score (nSPS) is 28.4. The number of para-hydroxylation sites is 1. The zero-order chi connectivity index (χ0) is 24.9. The Kier molecular flexibility index (Phi) is 5.78. The van der Waals surface area contributed by atoms with Crippen LogP contribution in [0.2, 0.25) is 0 Å². The Morgan fingerprint density at radius 1 is 0.944 bits per heavy atom. The summed E-state index contributed by atoms with van der Waals surface area (Å²) in [6.07, 6.45) is 10.3. The molecule has 0 spiro atoms. The van der Waals surface area contributed by atoms with Crippen LogP contribution in [0, 0.1) is 23.2 Å². The number of rotatable bonds is 7. The van der Waals surface area contributed by atoms with Crippen LogP contribution < -0.4 is 4.31 Å². The predicted molar refractivity (Wildman–Crippen MR) is 137 cm³/mol. The van der Waals surface area contributed by atoms with Gasteiger partial charge in [-0.2, -0.15) is 0 Å². The maximum atomic E-state index is 13.2. The number of esters is 1. The Morgan fingerprint density at radius 2 is 1.58 bits per heavy atom. The minimum Gasteiger partial charge on any atom is -0.455 e. The number of fused-ring (bicyclic) bond motifs is 1. The predicted octanol–water partition coefficient (Wildman–Crippen LogP) is 4.78. The van der Waals surface area contributed by atoms with E-state index in [1.165, 1.54) is 29.6 Å². The van der Waals surface area contributed by atoms with Gasteiger partial charge in [0.1, 0.15) is 0 Å². The Bertz CT molecular complexity index is 1290. The van der Waals surface area contributed by atoms with Gasteiger partial charge in [0.25, 0.3) is 10.0 Å². The summed E-state index contributed by atoms with van der Waals surface area (Å²) >= 11 is 0. The van der Waals surface area contributed by atoms with Crippen molar-refractivity contribution in [3.8, 4) is 0 Å². The highest BCUT2D eigenvalue weighted by Crippen LogP contribution is 2.60. The van der Waals surface area contributed by atoms with Gasteiger partial charge in [-0.15, -0.1) is 0 Å². The number of hydrogen-bond acceptors (Lipinski definition) is 5. The van der Waals surface area contributed by atoms with Crippen LogP contribution in [-0.2, 0) is 30.8 Å². The highest BCUT2D eigenvalue weighted by atomic mass is 32.2. The van der Waals surface area contributed by atoms with Gasteiger partial charge in [0.05, 0.1) is 10.6 Å². The van der Waals surface area contributed by atoms with Crippen LogP contribution in [-0.4, -0.2) is 33.3 Å². The summed E-state index contributed by atoms with van der Waals surface area (Å²) in [5.74, 6) is 1.54. The number of Topliss-reactive ketones (excluding diaryl/α,β-unsaturated/α-hetero) is 1. The molecule has 0 atom stereocenters. The SMILES string of the molecule is O=C(/C=C/c1ccc(S(=O)(=O)N2CCc3ccccc32)cc1)OCC(=O)C12CC3CC(CC(C3)C1)C2. The molecule has 0 N–H and O–H groups in total. The van der Waals surface area contributed by atoms with E-state index in [9.17, 15) is 18.0 Å². The van der Waals surface area contributed by atoms with Crippen LogP contribution in [0.1, 0.15) is 49.7 Å². The number of nitrogens with zero attached hydrogens (tertiary/aromatic N) is 1. The molecule has 0 radical (unpaired) electrons. The number of carbonyl (C=O) groups excluding carboxylic acids is 2. The molecule has 6 nitrogen and oxygen atoms in total. The van der Waals surface area contributed by atoms with E-state index in [-0.39, 0.29) is 22.7 Å². The van der Waals surface area contributed by atoms with Crippen molar-refractivity contribution in [1.29, 1.82) is 0 Å². The number of carbonyl (C=O) groups is 2. The average molecular weight is 506 g/mol. The lowest BCUT2D eigenvalue weighted by Gasteiger charge is -2.55. The monoisotopic (exact) mass is 505 g/mol. The summed E-state index contributed by atoms with van der Waals surface area (Å²) in [5, 5.41) is 0. The first-order chi connectivity index (χ1) is 17.3. The van der Waals surface area contributed by atoms with E-state index in [1.54, 1.807) is 30.3 Å². The van der Waals surface area contributed by atoms with Crippen LogP contribution in [0.4, 0.5) is 5.69 Å². The lowest BCUT2D eigenvalue weighted by Crippen LogP contribution is -2.51. The minimum atomic E-state index is -3.66. The van der Waals surface area contributed by atoms with Crippen molar-refractivity contribution in [3.63, 3.8) is 0 Å². The summed E-state index contributed by atoms with van der Waals surface area (Å²) in [6, 6.07) is 14.0. The van der Waals surface area contributed by atoms with E-state index in [4.69, 9.17) is 4.74 Å². The van der Waals surface area contributed by atoms with E-state index in [2.05, 4.69) is 0 Å². The number of ketones is 1. The lowest BCUT2D eigenvalue weighted by atomic mass is 9.48. The second kappa shape index (κ2) is 8.87. The molecule has 0 saturated heterocycles. The molecule has 188 valence electrons. The van der Waals surface area contributed by atoms with Crippen LogP contribution >= 0.6 is 0 Å². The Balaban J connectivity index is 1.06. The smallest absolute Gasteiger partial charge is 0.331 e. The standard InChI is InChI=1S/C29H31NO5S/c31-27(29-16-21-13-22(17-29)15-23(14-21)18-29)19-35-28(32)10-7-20-5-8-25(9-6-20)36(33,34)30-12-11-24-3-1-2-4-26(24)30/h1-10,21-23H,11-19H2/b10-7+. The van der Waals surface area contributed by atoms with Gasteiger partial charge in [-0.05, 0) is 98.1 Å². The molecule has 7 heteroatoms. The van der Waals surface area contributed by atoms with Gasteiger partial charge in [0, 0.05) is 18.0 Å². The molecule has 0 amide bonds. The maximum Gasteiger partial charge on any atom is 0.331 e. The van der Waals surface area contributed by atoms with Gasteiger partial charge < -0.3 is 4.74 Å². The first kappa shape index (κ1) is 23.5. The molecule has 1 heterocycles. The summed E-state index contributed by atoms with van der Waals surface area (Å²) in [7, 11) is -3.66. The van der Waals surface area contributed by atoms with E-state index in [0.717, 1.165) is 30.5 Å². The first-order valence-electron chi connectivity index (χ1n) is 12.9. The Morgan fingerprint density at radius 3 is 2.25 bits per heavy atom. The maximum absolute atomic E-state index is 13.2. The number of anilines is 1. The van der Waals surface area contributed by atoms with Crippen molar-refractivity contribution < 1.29 is 22.7 Å². The van der Waals surface area contributed by atoms with Gasteiger partial charge in [0.2, 0.25) is 0 Å². The molecule has 36 heavy (non-hydrogen) atoms. The Labute approximate surface area is 212 Å². The number of hydrogen-bond donors (Lipinski definition) is 0. The topological polar surface area (TPSA) is 80.8 Å². The van der Waals surface area contributed by atoms with Crippen LogP contribution in [0.15, 0.2) is 59.5 Å². The molecule has 4 bridgehead atoms. The van der Waals surface area contributed by atoms with Gasteiger partial charge in [0.15, 0.2) is 12.4 Å². The minimum absolute atomic E-state index is 0.0846. The largest absolute Gasteiger partial charge is 0.455 e. The van der Waals surface area contributed by atoms with Gasteiger partial charge in [-0.1, -0.05) is 30.3 Å². The zero-order valence-electron chi connectivity index (χ0n) is 20.3. The summed E-state index contributed by atoms with van der Waals surface area (Å²) in [6.45, 7) is 0.265. The second-order valence-electron chi connectivity index (χ2n) is 11.1. The number of benzene rings is 2. The third-order valence-corrected chi connectivity index (χ3v) is 10.5. The summed E-state index contributed by atoms with van der Waals surface area (Å²) < 4.78 is 33.1. The fraction of sp³-hybridized carbons (Fsp3) is 0.448. The molecule has 1 aliphatic heterocycles. The van der Waals surface area contributed by atoms with Crippen molar-refractivity contribution in [2.24, 2.45) is 23.2 Å². The molecule has 4 aliphatic carbocycles. The second-order valence-corrected chi connectivity index (χ2v) is 12.9. The molecular weight excluding hydrogens is 474 g/mol. The van der Waals surface area contributed by atoms with Gasteiger partial charge in [-0.25, -0.2) is 13.2 Å². The van der Waals surface area contributed by atoms with Crippen molar-refractivity contribution >= 4 is 33.5 Å². The number of ether oxygens (including phenoxy) is 1. The average Bonchev–Trinajstić information content (AvgIpc) is 3.30. The van der Waals surface area contributed by atoms with Gasteiger partial charge in [-0.3, -0.25) is 9.10 Å². The van der Waals surface area contributed by atoms with E-state index >= 15 is 0 Å². The molecule has 5 aliphatic rings. The van der Waals surface area contributed by atoms with Crippen molar-refractivity contribution in [1.82, 2.24) is 0 Å². The van der Waals surface area contributed by atoms with Crippen LogP contribution in [0.5, 0.6) is 0 Å². The number of sulfonamides is 1. The van der Waals surface area contributed by atoms with Crippen molar-refractivity contribution in [2.45, 2.75) is 49.8 Å². The van der Waals surface area contributed by atoms with Crippen LogP contribution in [0.25, 0.3) is 6.08 Å². The highest BCUT2D eigenvalue weighted by molar-refractivity contribution is 7.92. The highest BCUT2D eigenvalue weighted by Gasteiger charge is 2.54. The third-order valence-electron chi connectivity index (χ3n) is 8.70. The quantitative estimate of drug-likeness (QED) is 0.400. The molecular formula is C29H31NO5S. The summed E-state index contributed by atoms with van der Waals surface area (Å²) in [5.41, 5.74) is 2.17. The molecule has 0 unspecified atom stereocenters. The third kappa shape index (κ3) is 4.17. The molecule has 2 aromatic rings. The van der Waals surface area contributed by atoms with E-state index < -0.39 is 16.0 Å². The fourth-order valence-electron chi connectivity index (χ4n) is 7.39. The molecule has 4 fully saturated rings. The zero-order valence-corrected chi connectivity index (χ0v) is 21.1. The summed E-state index contributed by atoms with van der Waals surface area (Å²) in [4.78, 5) is 25.5.